The number of sulfonamides is 1. The smallest absolute Gasteiger partial charge is 0.434 e. The van der Waals surface area contributed by atoms with Crippen LogP contribution in [0.3, 0.4) is 0 Å². The zero-order valence-corrected chi connectivity index (χ0v) is 19.7. The van der Waals surface area contributed by atoms with Crippen molar-refractivity contribution in [3.63, 3.8) is 0 Å². The maximum absolute atomic E-state index is 13.5. The van der Waals surface area contributed by atoms with Crippen molar-refractivity contribution in [1.29, 1.82) is 0 Å². The van der Waals surface area contributed by atoms with E-state index in [1.54, 1.807) is 18.2 Å². The molecule has 9 nitrogen and oxygen atoms in total. The molecule has 180 valence electrons. The fourth-order valence-corrected chi connectivity index (χ4v) is 6.71. The fourth-order valence-electron chi connectivity index (χ4n) is 4.62. The molecule has 10 heteroatoms. The van der Waals surface area contributed by atoms with Crippen LogP contribution in [-0.2, 0) is 26.2 Å². The molecule has 4 rings (SSSR count). The van der Waals surface area contributed by atoms with Gasteiger partial charge in [-0.1, -0.05) is 32.3 Å². The van der Waals surface area contributed by atoms with Gasteiger partial charge < -0.3 is 15.2 Å². The van der Waals surface area contributed by atoms with E-state index in [0.29, 0.717) is 18.4 Å². The molecule has 0 unspecified atom stereocenters. The molecule has 2 aromatic rings. The van der Waals surface area contributed by atoms with Crippen molar-refractivity contribution in [2.24, 2.45) is 5.73 Å². The van der Waals surface area contributed by atoms with Crippen molar-refractivity contribution in [2.75, 3.05) is 13.2 Å². The average molecular weight is 478 g/mol. The van der Waals surface area contributed by atoms with Crippen molar-refractivity contribution in [3.8, 4) is 0 Å². The van der Waals surface area contributed by atoms with Crippen LogP contribution < -0.4 is 11.3 Å². The maximum Gasteiger partial charge on any atom is 0.510 e. The lowest BCUT2D eigenvalue weighted by molar-refractivity contribution is 0.0321. The van der Waals surface area contributed by atoms with Crippen LogP contribution in [-0.4, -0.2) is 48.2 Å². The molecule has 2 aliphatic rings. The highest BCUT2D eigenvalue weighted by Gasteiger charge is 2.60. The highest BCUT2D eigenvalue weighted by atomic mass is 32.2. The quantitative estimate of drug-likeness (QED) is 0.435. The van der Waals surface area contributed by atoms with Crippen molar-refractivity contribution in [1.82, 2.24) is 8.87 Å². The van der Waals surface area contributed by atoms with Crippen LogP contribution in [0.5, 0.6) is 0 Å². The summed E-state index contributed by atoms with van der Waals surface area (Å²) in [7, 11) is -3.82. The van der Waals surface area contributed by atoms with E-state index in [9.17, 15) is 18.0 Å². The van der Waals surface area contributed by atoms with Crippen LogP contribution in [0, 0.1) is 0 Å². The second-order valence-corrected chi connectivity index (χ2v) is 10.6. The molecule has 2 N–H and O–H groups in total. The second-order valence-electron chi connectivity index (χ2n) is 8.82. The molecule has 1 saturated heterocycles. The van der Waals surface area contributed by atoms with Crippen LogP contribution in [0.2, 0.25) is 0 Å². The van der Waals surface area contributed by atoms with Gasteiger partial charge in [-0.25, -0.2) is 13.2 Å². The number of carbonyl (C=O) groups excluding carboxylic acids is 1. The van der Waals surface area contributed by atoms with E-state index in [2.05, 4.69) is 6.92 Å². The minimum atomic E-state index is -3.82. The van der Waals surface area contributed by atoms with E-state index in [1.807, 2.05) is 0 Å². The number of aromatic nitrogens is 1. The summed E-state index contributed by atoms with van der Waals surface area (Å²) in [5.74, 6) is 0. The first kappa shape index (κ1) is 23.7. The Bertz CT molecular complexity index is 1190. The summed E-state index contributed by atoms with van der Waals surface area (Å²) in [6.45, 7) is 2.43. The highest BCUT2D eigenvalue weighted by molar-refractivity contribution is 7.89. The largest absolute Gasteiger partial charge is 0.510 e. The van der Waals surface area contributed by atoms with Gasteiger partial charge in [0.2, 0.25) is 10.0 Å². The molecule has 2 heterocycles. The van der Waals surface area contributed by atoms with Gasteiger partial charge in [0, 0.05) is 29.6 Å². The fraction of sp³-hybridized carbons (Fsp3) is 0.565. The van der Waals surface area contributed by atoms with E-state index in [-0.39, 0.29) is 29.7 Å². The van der Waals surface area contributed by atoms with Gasteiger partial charge in [0.1, 0.15) is 0 Å². The minimum absolute atomic E-state index is 0.0945. The molecule has 2 fully saturated rings. The molecule has 1 aliphatic heterocycles. The van der Waals surface area contributed by atoms with Crippen molar-refractivity contribution in [3.05, 3.63) is 40.8 Å². The predicted molar refractivity (Wildman–Crippen MR) is 123 cm³/mol. The third-order valence-corrected chi connectivity index (χ3v) is 8.72. The highest BCUT2D eigenvalue weighted by Crippen LogP contribution is 2.51. The molecule has 33 heavy (non-hydrogen) atoms. The van der Waals surface area contributed by atoms with Crippen LogP contribution in [0.1, 0.15) is 51.9 Å². The minimum Gasteiger partial charge on any atom is -0.434 e. The Hall–Kier alpha value is -2.43. The van der Waals surface area contributed by atoms with Gasteiger partial charge in [-0.2, -0.15) is 4.31 Å². The number of unbranched alkanes of at least 4 members (excludes halogenated alkanes) is 3. The lowest BCUT2D eigenvalue weighted by atomic mass is 10.1. The first-order valence-electron chi connectivity index (χ1n) is 11.5. The number of nitrogens with zero attached hydrogens (tertiary/aromatic N) is 2. The zero-order chi connectivity index (χ0) is 23.6. The summed E-state index contributed by atoms with van der Waals surface area (Å²) < 4.78 is 39.8. The average Bonchev–Trinajstić information content (AvgIpc) is 3.52. The number of hydrogen-bond donors (Lipinski definition) is 1. The molecule has 1 aliphatic carbocycles. The Labute approximate surface area is 193 Å². The Morgan fingerprint density at radius 3 is 2.67 bits per heavy atom. The van der Waals surface area contributed by atoms with E-state index in [0.717, 1.165) is 38.5 Å². The number of pyridine rings is 1. The molecular weight excluding hydrogens is 446 g/mol. The predicted octanol–water partition coefficient (Wildman–Crippen LogP) is 2.95. The maximum atomic E-state index is 13.5. The molecule has 1 aromatic heterocycles. The van der Waals surface area contributed by atoms with Crippen LogP contribution in [0.25, 0.3) is 10.8 Å². The lowest BCUT2D eigenvalue weighted by Crippen LogP contribution is -2.44. The van der Waals surface area contributed by atoms with Crippen molar-refractivity contribution < 1.29 is 22.7 Å². The molecule has 1 atom stereocenters. The molecule has 0 bridgehead atoms. The summed E-state index contributed by atoms with van der Waals surface area (Å²) in [5, 5.41) is 0.581. The zero-order valence-electron chi connectivity index (χ0n) is 18.9. The number of fused-ring (bicyclic) bond motifs is 1. The lowest BCUT2D eigenvalue weighted by Gasteiger charge is -2.26. The monoisotopic (exact) mass is 477 g/mol. The molecular formula is C23H31N3O6S. The summed E-state index contributed by atoms with van der Waals surface area (Å²) in [5.41, 5.74) is 5.26. The second kappa shape index (κ2) is 9.44. The van der Waals surface area contributed by atoms with E-state index in [4.69, 9.17) is 15.2 Å². The van der Waals surface area contributed by atoms with Gasteiger partial charge in [0.05, 0.1) is 17.0 Å². The molecule has 1 spiro atoms. The Kier molecular flexibility index (Phi) is 6.78. The van der Waals surface area contributed by atoms with Crippen LogP contribution in [0.4, 0.5) is 4.79 Å². The first-order chi connectivity index (χ1) is 15.8. The van der Waals surface area contributed by atoms with Crippen molar-refractivity contribution in [2.45, 2.75) is 75.1 Å². The Balaban J connectivity index is 1.51. The van der Waals surface area contributed by atoms with Gasteiger partial charge in [-0.3, -0.25) is 9.36 Å². The number of nitrogens with two attached hydrogens (primary N) is 1. The van der Waals surface area contributed by atoms with E-state index < -0.39 is 27.3 Å². The normalized spacial score (nSPS) is 19.8. The van der Waals surface area contributed by atoms with Gasteiger partial charge in [-0.05, 0) is 43.9 Å². The summed E-state index contributed by atoms with van der Waals surface area (Å²) in [6, 6.07) is 6.05. The van der Waals surface area contributed by atoms with Gasteiger partial charge in [0.15, 0.2) is 6.73 Å². The Morgan fingerprint density at radius 2 is 1.94 bits per heavy atom. The van der Waals surface area contributed by atoms with E-state index in [1.165, 1.54) is 21.1 Å². The van der Waals surface area contributed by atoms with Crippen molar-refractivity contribution >= 4 is 27.0 Å². The number of hydrogen-bond acceptors (Lipinski definition) is 7. The Morgan fingerprint density at radius 1 is 1.15 bits per heavy atom. The third-order valence-electron chi connectivity index (χ3n) is 6.68. The third kappa shape index (κ3) is 4.51. The number of benzene rings is 1. The van der Waals surface area contributed by atoms with Crippen LogP contribution >= 0.6 is 0 Å². The van der Waals surface area contributed by atoms with Gasteiger partial charge in [0.25, 0.3) is 5.56 Å². The summed E-state index contributed by atoms with van der Waals surface area (Å²) in [6.07, 6.45) is 6.65. The molecule has 0 amide bonds. The summed E-state index contributed by atoms with van der Waals surface area (Å²) in [4.78, 5) is 24.9. The summed E-state index contributed by atoms with van der Waals surface area (Å²) >= 11 is 0. The number of ether oxygens (including phenoxy) is 2. The van der Waals surface area contributed by atoms with E-state index >= 15 is 0 Å². The molecule has 0 radical (unpaired) electrons. The topological polar surface area (TPSA) is 121 Å². The van der Waals surface area contributed by atoms with Crippen LogP contribution in [0.15, 0.2) is 40.2 Å². The standard InChI is InChI=1S/C23H31N3O6S/c1-2-3-4-5-15-31-22(28)32-16-25-13-9-17-18(21(25)27)7-6-8-19(17)33(29,30)26-14-10-20(24)23(26)11-12-23/h6-9,13,20H,2-5,10-12,14-16,24H2,1H3/t20-/m0/s1. The first-order valence-corrected chi connectivity index (χ1v) is 13.0. The number of carbonyl (C=O) groups is 1. The SMILES string of the molecule is CCCCCCOC(=O)OCn1ccc2c(S(=O)(=O)N3CC[C@H](N)C34CC4)cccc2c1=O. The molecule has 1 aromatic carbocycles. The van der Waals surface area contributed by atoms with Gasteiger partial charge in [-0.15, -0.1) is 0 Å². The number of rotatable bonds is 9. The van der Waals surface area contributed by atoms with Gasteiger partial charge >= 0.3 is 6.16 Å². The molecule has 1 saturated carbocycles.